The van der Waals surface area contributed by atoms with Crippen LogP contribution in [-0.2, 0) is 13.1 Å². The second kappa shape index (κ2) is 11.1. The number of amidine groups is 2. The number of aromatic hydroxyl groups is 2. The Labute approximate surface area is 267 Å². The molecule has 4 aromatic carbocycles. The molecule has 0 bridgehead atoms. The number of pyridine rings is 2. The van der Waals surface area contributed by atoms with Crippen LogP contribution in [0, 0.1) is 0 Å². The van der Waals surface area contributed by atoms with E-state index in [-0.39, 0.29) is 22.9 Å². The van der Waals surface area contributed by atoms with Crippen molar-refractivity contribution < 1.29 is 10.2 Å². The molecule has 0 radical (unpaired) electrons. The van der Waals surface area contributed by atoms with Crippen LogP contribution in [0.2, 0.25) is 0 Å². The largest absolute Gasteiger partial charge is 0.494 e. The molecule has 2 aliphatic rings. The summed E-state index contributed by atoms with van der Waals surface area (Å²) in [7, 11) is 0. The number of nitrogens with one attached hydrogen (secondary N) is 2. The summed E-state index contributed by atoms with van der Waals surface area (Å²) in [4.78, 5) is 44.8. The standard InChI is InChI=1S/C35H32N8O4/c1-18-38-26-16-24-28-20(30(26)40-18)6-3-8-22(28)32(44)42(34(24)46)14-12-36-10-5-11-37-13-15-43-33(45)23-9-4-7-21-29(23)25(35(43)47)17-27-31(21)41-19(2)39-27/h3-4,6-9,16-17,36-37,46-47H,5,10-15H2,1-2H3. The average Bonchev–Trinajstić information content (AvgIpc) is 3.64. The van der Waals surface area contributed by atoms with E-state index in [4.69, 9.17) is 0 Å². The first-order valence-electron chi connectivity index (χ1n) is 15.7. The van der Waals surface area contributed by atoms with E-state index in [9.17, 15) is 19.8 Å². The zero-order valence-corrected chi connectivity index (χ0v) is 26.0. The number of hydrogen-bond acceptors (Lipinski definition) is 10. The molecule has 47 heavy (non-hydrogen) atoms. The van der Waals surface area contributed by atoms with E-state index in [1.165, 1.54) is 9.13 Å². The molecule has 8 rings (SSSR count). The highest BCUT2D eigenvalue weighted by molar-refractivity contribution is 6.14. The van der Waals surface area contributed by atoms with Crippen molar-refractivity contribution in [1.82, 2.24) is 19.8 Å². The van der Waals surface area contributed by atoms with Gasteiger partial charge in [0.05, 0.1) is 22.1 Å². The Morgan fingerprint density at radius 1 is 0.596 bits per heavy atom. The van der Waals surface area contributed by atoms with Gasteiger partial charge in [0.1, 0.15) is 11.7 Å². The van der Waals surface area contributed by atoms with Gasteiger partial charge in [0.2, 0.25) is 11.8 Å². The Bertz CT molecular complexity index is 2420. The van der Waals surface area contributed by atoms with Crippen LogP contribution in [0.4, 0.5) is 11.4 Å². The predicted molar refractivity (Wildman–Crippen MR) is 184 cm³/mol. The Morgan fingerprint density at radius 2 is 1.02 bits per heavy atom. The number of benzene rings is 4. The summed E-state index contributed by atoms with van der Waals surface area (Å²) in [5.41, 5.74) is 0.900. The van der Waals surface area contributed by atoms with E-state index < -0.39 is 0 Å². The van der Waals surface area contributed by atoms with Crippen LogP contribution in [0.5, 0.6) is 11.8 Å². The zero-order chi connectivity index (χ0) is 32.4. The van der Waals surface area contributed by atoms with E-state index >= 15 is 0 Å². The van der Waals surface area contributed by atoms with Crippen molar-refractivity contribution in [3.05, 3.63) is 80.0 Å². The monoisotopic (exact) mass is 628 g/mol. The molecule has 12 nitrogen and oxygen atoms in total. The summed E-state index contributed by atoms with van der Waals surface area (Å²) < 4.78 is 2.82. The lowest BCUT2D eigenvalue weighted by molar-refractivity contribution is 0.407. The van der Waals surface area contributed by atoms with Gasteiger partial charge in [-0.05, 0) is 57.6 Å². The third-order valence-corrected chi connectivity index (χ3v) is 9.01. The maximum absolute atomic E-state index is 13.4. The lowest BCUT2D eigenvalue weighted by atomic mass is 10.0. The fourth-order valence-corrected chi connectivity index (χ4v) is 6.91. The molecule has 0 aliphatic carbocycles. The molecule has 4 N–H and O–H groups in total. The third-order valence-electron chi connectivity index (χ3n) is 9.01. The molecule has 0 unspecified atom stereocenters. The smallest absolute Gasteiger partial charge is 0.261 e. The van der Waals surface area contributed by atoms with Crippen molar-refractivity contribution in [1.29, 1.82) is 0 Å². The van der Waals surface area contributed by atoms with Crippen LogP contribution in [-0.4, -0.2) is 57.2 Å². The summed E-state index contributed by atoms with van der Waals surface area (Å²) in [5, 5.41) is 35.7. The van der Waals surface area contributed by atoms with E-state index in [0.717, 1.165) is 27.9 Å². The highest BCUT2D eigenvalue weighted by Crippen LogP contribution is 2.34. The number of rotatable bonds is 10. The van der Waals surface area contributed by atoms with Crippen LogP contribution in [0.1, 0.15) is 20.3 Å². The van der Waals surface area contributed by atoms with Crippen molar-refractivity contribution in [3.63, 3.8) is 0 Å². The molecule has 0 amide bonds. The highest BCUT2D eigenvalue weighted by atomic mass is 16.3. The van der Waals surface area contributed by atoms with Gasteiger partial charge in [-0.25, -0.2) is 20.0 Å². The van der Waals surface area contributed by atoms with Crippen LogP contribution in [0.3, 0.4) is 0 Å². The zero-order valence-electron chi connectivity index (χ0n) is 26.0. The molecular formula is C35H32N8O4. The fourth-order valence-electron chi connectivity index (χ4n) is 6.91. The average molecular weight is 629 g/mol. The molecule has 0 saturated carbocycles. The van der Waals surface area contributed by atoms with Crippen LogP contribution >= 0.6 is 0 Å². The Kier molecular flexibility index (Phi) is 6.85. The highest BCUT2D eigenvalue weighted by Gasteiger charge is 2.21. The van der Waals surface area contributed by atoms with Crippen molar-refractivity contribution in [2.24, 2.45) is 20.0 Å². The minimum atomic E-state index is -0.243. The first-order valence-corrected chi connectivity index (χ1v) is 15.7. The predicted octanol–water partition coefficient (Wildman–Crippen LogP) is 3.11. The van der Waals surface area contributed by atoms with Gasteiger partial charge in [-0.15, -0.1) is 0 Å². The molecule has 4 heterocycles. The van der Waals surface area contributed by atoms with E-state index in [1.54, 1.807) is 24.3 Å². The van der Waals surface area contributed by atoms with Crippen LogP contribution in [0.15, 0.2) is 78.1 Å². The lowest BCUT2D eigenvalue weighted by Gasteiger charge is -2.15. The molecule has 12 heteroatoms. The minimum Gasteiger partial charge on any atom is -0.494 e. The first kappa shape index (κ1) is 29.0. The van der Waals surface area contributed by atoms with Crippen molar-refractivity contribution in [2.45, 2.75) is 33.4 Å². The maximum atomic E-state index is 13.4. The number of aromatic nitrogens is 2. The molecule has 0 saturated heterocycles. The van der Waals surface area contributed by atoms with Gasteiger partial charge >= 0.3 is 0 Å². The van der Waals surface area contributed by atoms with E-state index in [0.29, 0.717) is 94.6 Å². The molecule has 236 valence electrons. The van der Waals surface area contributed by atoms with Gasteiger partial charge in [-0.2, -0.15) is 0 Å². The van der Waals surface area contributed by atoms with Crippen molar-refractivity contribution in [2.75, 3.05) is 26.2 Å². The molecule has 2 aliphatic heterocycles. The molecular weight excluding hydrogens is 596 g/mol. The fraction of sp³-hybridized carbons (Fsp3) is 0.257. The van der Waals surface area contributed by atoms with E-state index in [2.05, 4.69) is 30.6 Å². The Hall–Kier alpha value is -5.46. The summed E-state index contributed by atoms with van der Waals surface area (Å²) in [6.07, 6.45) is 0.803. The first-order chi connectivity index (χ1) is 22.8. The molecule has 0 fully saturated rings. The lowest BCUT2D eigenvalue weighted by Crippen LogP contribution is -2.30. The molecule has 0 spiro atoms. The van der Waals surface area contributed by atoms with Crippen molar-refractivity contribution in [3.8, 4) is 11.8 Å². The summed E-state index contributed by atoms with van der Waals surface area (Å²) in [6.45, 7) is 6.64. The van der Waals surface area contributed by atoms with Crippen LogP contribution in [0.25, 0.3) is 43.1 Å². The number of aliphatic imine (C=N–C) groups is 2. The minimum absolute atomic E-state index is 0.0712. The number of nitrogens with zero attached hydrogens (tertiary/aromatic N) is 6. The number of hydrogen-bond donors (Lipinski definition) is 4. The molecule has 0 atom stereocenters. The summed E-state index contributed by atoms with van der Waals surface area (Å²) in [5.74, 6) is 1.15. The van der Waals surface area contributed by atoms with Crippen LogP contribution < -0.4 is 32.5 Å². The second-order valence-electron chi connectivity index (χ2n) is 12.0. The van der Waals surface area contributed by atoms with Gasteiger partial charge < -0.3 is 20.8 Å². The van der Waals surface area contributed by atoms with Gasteiger partial charge in [0.15, 0.2) is 0 Å². The SMILES string of the molecule is CC1=Nc2cc3c(O)n(CCNCCCNCCn4c(O)c5cc6c(c7cccc(c4=O)c57)=NC(C)=N6)c(=O)c4cccc(c2=N1)c34. The van der Waals surface area contributed by atoms with Gasteiger partial charge in [-0.1, -0.05) is 24.3 Å². The summed E-state index contributed by atoms with van der Waals surface area (Å²) >= 11 is 0. The molecule has 6 aromatic rings. The Morgan fingerprint density at radius 3 is 1.47 bits per heavy atom. The molecule has 2 aromatic heterocycles. The quantitative estimate of drug-likeness (QED) is 0.171. The normalized spacial score (nSPS) is 13.7. The van der Waals surface area contributed by atoms with Gasteiger partial charge in [0, 0.05) is 69.3 Å². The summed E-state index contributed by atoms with van der Waals surface area (Å²) in [6, 6.07) is 14.7. The van der Waals surface area contributed by atoms with Gasteiger partial charge in [-0.3, -0.25) is 18.7 Å². The second-order valence-corrected chi connectivity index (χ2v) is 12.0. The third kappa shape index (κ3) is 4.59. The maximum Gasteiger partial charge on any atom is 0.261 e. The van der Waals surface area contributed by atoms with E-state index in [1.807, 2.05) is 38.1 Å². The van der Waals surface area contributed by atoms with Crippen molar-refractivity contribution >= 4 is 66.1 Å². The van der Waals surface area contributed by atoms with Gasteiger partial charge in [0.25, 0.3) is 11.1 Å². The topological polar surface area (TPSA) is 158 Å². The number of fused-ring (bicyclic) bond motifs is 4. The Balaban J connectivity index is 0.890.